The molecular weight excluding hydrogens is 473 g/mol. The van der Waals surface area contributed by atoms with Crippen molar-refractivity contribution >= 4 is 10.1 Å². The van der Waals surface area contributed by atoms with Crippen LogP contribution in [0.25, 0.3) is 0 Å². The van der Waals surface area contributed by atoms with E-state index in [4.69, 9.17) is 5.26 Å². The maximum absolute atomic E-state index is 10.4. The van der Waals surface area contributed by atoms with Crippen LogP contribution in [0.2, 0.25) is 0 Å². The quantitative estimate of drug-likeness (QED) is 0.403. The van der Waals surface area contributed by atoms with E-state index in [0.717, 1.165) is 11.1 Å². The minimum Gasteiger partial charge on any atom is -0.744 e. The van der Waals surface area contributed by atoms with Gasteiger partial charge in [0.15, 0.2) is 7.14 Å². The Bertz CT molecular complexity index is 1060. The molecule has 0 aliphatic heterocycles. The second-order valence-corrected chi connectivity index (χ2v) is 10.2. The van der Waals surface area contributed by atoms with E-state index >= 15 is 0 Å². The summed E-state index contributed by atoms with van der Waals surface area (Å²) in [6, 6.07) is 24.5. The molecule has 0 unspecified atom stereocenters. The Morgan fingerprint density at radius 1 is 0.852 bits per heavy atom. The zero-order valence-corrected chi connectivity index (χ0v) is 17.9. The summed E-state index contributed by atoms with van der Waals surface area (Å²) >= 11 is -0.162. The minimum atomic E-state index is -4.27. The molecule has 0 aromatic heterocycles. The number of hydrogen-bond donors (Lipinski definition) is 0. The Morgan fingerprint density at radius 3 is 2.00 bits per heavy atom. The number of halogens is 1. The topological polar surface area (TPSA) is 81.0 Å². The number of rotatable bonds is 3. The first-order chi connectivity index (χ1) is 12.8. The van der Waals surface area contributed by atoms with Crippen LogP contribution in [0, 0.1) is 32.3 Å². The fourth-order valence-electron chi connectivity index (χ4n) is 2.11. The summed E-state index contributed by atoms with van der Waals surface area (Å²) in [4.78, 5) is -0.178. The highest BCUT2D eigenvalue weighted by Gasteiger charge is 2.15. The van der Waals surface area contributed by atoms with Gasteiger partial charge in [-0.05, 0) is 55.8 Å². The molecule has 3 aromatic rings. The van der Waals surface area contributed by atoms with Gasteiger partial charge < -0.3 is 4.55 Å². The Labute approximate surface area is 170 Å². The van der Waals surface area contributed by atoms with Crippen LogP contribution < -0.4 is 21.2 Å². The molecule has 0 N–H and O–H groups in total. The van der Waals surface area contributed by atoms with Crippen LogP contribution in [0.5, 0.6) is 0 Å². The number of benzene rings is 3. The molecule has 0 amide bonds. The molecule has 0 radical (unpaired) electrons. The highest BCUT2D eigenvalue weighted by atomic mass is 127. The summed E-state index contributed by atoms with van der Waals surface area (Å²) in [6.07, 6.45) is 0. The Balaban J connectivity index is 0.000000208. The van der Waals surface area contributed by atoms with Gasteiger partial charge in [0.2, 0.25) is 0 Å². The maximum atomic E-state index is 10.4. The fraction of sp³-hybridized carbons (Fsp3) is 0.0952. The molecule has 4 nitrogen and oxygen atoms in total. The first-order valence-electron chi connectivity index (χ1n) is 8.02. The minimum absolute atomic E-state index is 0.162. The van der Waals surface area contributed by atoms with Crippen molar-refractivity contribution in [1.82, 2.24) is 0 Å². The lowest BCUT2D eigenvalue weighted by atomic mass is 10.2. The molecule has 0 atom stereocenters. The van der Waals surface area contributed by atoms with Crippen molar-refractivity contribution in [3.63, 3.8) is 0 Å². The van der Waals surface area contributed by atoms with E-state index in [0.29, 0.717) is 0 Å². The zero-order chi connectivity index (χ0) is 19.9. The van der Waals surface area contributed by atoms with Crippen molar-refractivity contribution in [2.75, 3.05) is 0 Å². The van der Waals surface area contributed by atoms with E-state index in [2.05, 4.69) is 43.3 Å². The lowest BCUT2D eigenvalue weighted by molar-refractivity contribution is -0.597. The van der Waals surface area contributed by atoms with Gasteiger partial charge in [0, 0.05) is 6.07 Å². The molecule has 0 saturated carbocycles. The van der Waals surface area contributed by atoms with E-state index in [-0.39, 0.29) is 26.1 Å². The van der Waals surface area contributed by atoms with Gasteiger partial charge in [-0.2, -0.15) is 5.26 Å². The molecule has 0 fully saturated rings. The molecular formula is C21H18INO3S. The van der Waals surface area contributed by atoms with Gasteiger partial charge in [0.25, 0.3) is 0 Å². The summed E-state index contributed by atoms with van der Waals surface area (Å²) in [7, 11) is -4.27. The summed E-state index contributed by atoms with van der Waals surface area (Å²) in [5.74, 6) is 0. The second kappa shape index (κ2) is 9.65. The Hall–Kier alpha value is -2.21. The molecule has 0 bridgehead atoms. The molecule has 138 valence electrons. The lowest BCUT2D eigenvalue weighted by Gasteiger charge is -2.05. The van der Waals surface area contributed by atoms with Crippen LogP contribution in [-0.2, 0) is 10.1 Å². The highest BCUT2D eigenvalue weighted by Crippen LogP contribution is 2.08. The fourth-order valence-corrected chi connectivity index (χ4v) is 5.21. The maximum Gasteiger partial charge on any atom is 0.357 e. The number of aryl methyl sites for hydroxylation is 2. The van der Waals surface area contributed by atoms with Crippen molar-refractivity contribution in [1.29, 1.82) is 5.26 Å². The lowest BCUT2D eigenvalue weighted by Crippen LogP contribution is -3.61. The van der Waals surface area contributed by atoms with Crippen molar-refractivity contribution in [2.45, 2.75) is 18.7 Å². The molecule has 27 heavy (non-hydrogen) atoms. The van der Waals surface area contributed by atoms with E-state index < -0.39 is 10.1 Å². The van der Waals surface area contributed by atoms with Gasteiger partial charge in [-0.25, -0.2) is 8.42 Å². The monoisotopic (exact) mass is 491 g/mol. The van der Waals surface area contributed by atoms with E-state index in [1.807, 2.05) is 25.1 Å². The zero-order valence-electron chi connectivity index (χ0n) is 14.9. The molecule has 0 saturated heterocycles. The molecule has 6 heteroatoms. The van der Waals surface area contributed by atoms with Gasteiger partial charge in [0.05, 0.1) is 16.5 Å². The largest absolute Gasteiger partial charge is 0.744 e. The third-order valence-corrected chi connectivity index (χ3v) is 6.90. The predicted molar refractivity (Wildman–Crippen MR) is 98.9 cm³/mol. The van der Waals surface area contributed by atoms with Crippen LogP contribution in [0.4, 0.5) is 0 Å². The van der Waals surface area contributed by atoms with Crippen LogP contribution in [-0.4, -0.2) is 13.0 Å². The molecule has 0 aliphatic rings. The smallest absolute Gasteiger partial charge is 0.357 e. The van der Waals surface area contributed by atoms with Crippen molar-refractivity contribution in [3.8, 4) is 6.07 Å². The molecule has 3 rings (SSSR count). The third kappa shape index (κ3) is 7.13. The van der Waals surface area contributed by atoms with Gasteiger partial charge in [0.1, 0.15) is 10.1 Å². The summed E-state index contributed by atoms with van der Waals surface area (Å²) in [6.45, 7) is 3.93. The predicted octanol–water partition coefficient (Wildman–Crippen LogP) is 0.894. The number of nitrogens with zero attached hydrogens (tertiary/aromatic N) is 1. The van der Waals surface area contributed by atoms with Crippen molar-refractivity contribution in [2.24, 2.45) is 0 Å². The van der Waals surface area contributed by atoms with Crippen LogP contribution in [0.15, 0.2) is 77.7 Å². The van der Waals surface area contributed by atoms with E-state index in [1.54, 1.807) is 12.1 Å². The summed E-state index contributed by atoms with van der Waals surface area (Å²) < 4.78 is 33.9. The number of hydrogen-bond acceptors (Lipinski definition) is 4. The molecule has 3 aromatic carbocycles. The second-order valence-electron chi connectivity index (χ2n) is 5.78. The molecule has 0 spiro atoms. The molecule has 0 heterocycles. The van der Waals surface area contributed by atoms with Crippen LogP contribution in [0.1, 0.15) is 16.7 Å². The van der Waals surface area contributed by atoms with Crippen LogP contribution >= 0.6 is 0 Å². The van der Waals surface area contributed by atoms with E-state index in [9.17, 15) is 13.0 Å². The average Bonchev–Trinajstić information content (AvgIpc) is 2.62. The average molecular weight is 491 g/mol. The summed E-state index contributed by atoms with van der Waals surface area (Å²) in [5.41, 5.74) is 2.98. The normalized spacial score (nSPS) is 10.4. The number of nitriles is 1. The standard InChI is InChI=1S/C14H11IN.C7H8O3S/c1-11-4-2-6-13(8-11)15-14-7-3-5-12(9-14)10-16;1-6-2-4-7(5-3-6)11(8,9)10/h2-9H,1H3;2-5H,1H3,(H,8,9,10)/q+1;/p-1. The first kappa shape index (κ1) is 21.1. The summed E-state index contributed by atoms with van der Waals surface area (Å²) in [5, 5.41) is 8.83. The van der Waals surface area contributed by atoms with E-state index in [1.165, 1.54) is 24.8 Å². The van der Waals surface area contributed by atoms with Crippen molar-refractivity contribution < 1.29 is 34.2 Å². The SMILES string of the molecule is Cc1ccc(S(=O)(=O)[O-])cc1.Cc1cccc([I+]c2cccc(C#N)c2)c1. The molecule has 0 aliphatic carbocycles. The Kier molecular flexibility index (Phi) is 7.54. The van der Waals surface area contributed by atoms with Gasteiger partial charge in [-0.15, -0.1) is 0 Å². The van der Waals surface area contributed by atoms with Gasteiger partial charge >= 0.3 is 21.2 Å². The van der Waals surface area contributed by atoms with Crippen LogP contribution in [0.3, 0.4) is 0 Å². The Morgan fingerprint density at radius 2 is 1.44 bits per heavy atom. The van der Waals surface area contributed by atoms with Gasteiger partial charge in [-0.1, -0.05) is 35.9 Å². The van der Waals surface area contributed by atoms with Crippen molar-refractivity contribution in [3.05, 3.63) is 96.6 Å². The third-order valence-electron chi connectivity index (χ3n) is 3.46. The first-order valence-corrected chi connectivity index (χ1v) is 11.6. The van der Waals surface area contributed by atoms with Gasteiger partial charge in [-0.3, -0.25) is 0 Å². The highest BCUT2D eigenvalue weighted by molar-refractivity contribution is 7.85.